The molecule has 0 aliphatic carbocycles. The predicted octanol–water partition coefficient (Wildman–Crippen LogP) is 6.10. The Morgan fingerprint density at radius 1 is 0.981 bits per heavy atom. The summed E-state index contributed by atoms with van der Waals surface area (Å²) in [6.45, 7) is 2.89. The van der Waals surface area contributed by atoms with Crippen LogP contribution in [-0.4, -0.2) is 79.2 Å². The highest BCUT2D eigenvalue weighted by atomic mass is 35.5. The summed E-state index contributed by atoms with van der Waals surface area (Å²) in [6, 6.07) is 15.0. The van der Waals surface area contributed by atoms with E-state index in [2.05, 4.69) is 31.2 Å². The second kappa shape index (κ2) is 17.5. The molecular weight excluding hydrogens is 708 g/mol. The molecule has 2 amide bonds. The van der Waals surface area contributed by atoms with Gasteiger partial charge in [-0.3, -0.25) is 14.6 Å². The van der Waals surface area contributed by atoms with E-state index in [1.165, 1.54) is 7.11 Å². The van der Waals surface area contributed by atoms with Crippen molar-refractivity contribution in [3.8, 4) is 28.1 Å². The van der Waals surface area contributed by atoms with Crippen molar-refractivity contribution in [2.24, 2.45) is 0 Å². The van der Waals surface area contributed by atoms with Crippen LogP contribution in [0.3, 0.4) is 0 Å². The first-order valence-electron chi connectivity index (χ1n) is 17.3. The molecule has 4 heterocycles. The molecule has 2 aliphatic rings. The zero-order chi connectivity index (χ0) is 36.6. The number of ether oxygens (including phenoxy) is 2. The van der Waals surface area contributed by atoms with Crippen LogP contribution in [0.5, 0.6) is 5.75 Å². The quantitative estimate of drug-likeness (QED) is 0.121. The number of rotatable bonds is 14. The van der Waals surface area contributed by atoms with E-state index in [9.17, 15) is 9.59 Å². The number of carbonyl (C=O) groups excluding carboxylic acids is 2. The minimum absolute atomic E-state index is 0.0183. The molecule has 1 atom stereocenters. The summed E-state index contributed by atoms with van der Waals surface area (Å²) in [4.78, 5) is 34.3. The van der Waals surface area contributed by atoms with Crippen molar-refractivity contribution in [2.75, 3.05) is 45.8 Å². The first-order valence-corrected chi connectivity index (χ1v) is 18.0. The van der Waals surface area contributed by atoms with E-state index in [0.29, 0.717) is 83.0 Å². The molecule has 2 aliphatic heterocycles. The molecule has 52 heavy (non-hydrogen) atoms. The lowest BCUT2D eigenvalue weighted by Crippen LogP contribution is -2.45. The standard InChI is InChI=1S/C38H42Cl2FN7O4/c1-51-22-33(50)48-16-12-26(13-17-48)45-20-25-10-14-44-38(36(25)41)47-30-5-3-4-28(34(30)39)29-11-15-43-37(35(29)40)23-6-7-24(31(18-23)52-2)19-42-21-27-8-9-32(49)46-27/h3-7,10-11,14-15,18,26-27,42,45H,8-9,12-13,16-17,19-22H2,1-2H3,(H,44,47)(H,46,49)/t27-/m0/s1. The first-order chi connectivity index (χ1) is 25.2. The zero-order valence-corrected chi connectivity index (χ0v) is 30.6. The summed E-state index contributed by atoms with van der Waals surface area (Å²) in [7, 11) is 3.13. The molecule has 2 fully saturated rings. The van der Waals surface area contributed by atoms with E-state index < -0.39 is 5.82 Å². The highest BCUT2D eigenvalue weighted by Gasteiger charge is 2.24. The normalized spacial score (nSPS) is 16.2. The number of methoxy groups -OCH3 is 2. The van der Waals surface area contributed by atoms with Gasteiger partial charge in [0.2, 0.25) is 11.8 Å². The smallest absolute Gasteiger partial charge is 0.248 e. The number of likely N-dealkylation sites (tertiary alicyclic amines) is 1. The Balaban J connectivity index is 1.14. The number of hydrogen-bond acceptors (Lipinski definition) is 9. The Bertz CT molecular complexity index is 1910. The molecule has 0 unspecified atom stereocenters. The van der Waals surface area contributed by atoms with Crippen LogP contribution in [0.15, 0.2) is 60.9 Å². The molecule has 2 aromatic heterocycles. The number of carbonyl (C=O) groups is 2. The average molecular weight is 751 g/mol. The number of aromatic nitrogens is 2. The Hall–Kier alpha value is -4.33. The summed E-state index contributed by atoms with van der Waals surface area (Å²) in [5, 5.41) is 13.6. The summed E-state index contributed by atoms with van der Waals surface area (Å²) >= 11 is 14.0. The largest absolute Gasteiger partial charge is 0.496 e. The van der Waals surface area contributed by atoms with Gasteiger partial charge in [0.25, 0.3) is 0 Å². The minimum atomic E-state index is -0.480. The van der Waals surface area contributed by atoms with Gasteiger partial charge in [-0.1, -0.05) is 47.5 Å². The van der Waals surface area contributed by atoms with Crippen LogP contribution in [0.1, 0.15) is 36.8 Å². The lowest BCUT2D eigenvalue weighted by Gasteiger charge is -2.32. The second-order valence-electron chi connectivity index (χ2n) is 12.9. The van der Waals surface area contributed by atoms with Gasteiger partial charge in [-0.05, 0) is 43.5 Å². The third kappa shape index (κ3) is 8.82. The van der Waals surface area contributed by atoms with E-state index in [0.717, 1.165) is 30.4 Å². The summed E-state index contributed by atoms with van der Waals surface area (Å²) in [5.74, 6) is 0.323. The van der Waals surface area contributed by atoms with Crippen LogP contribution in [0.4, 0.5) is 15.9 Å². The SMILES string of the molecule is COCC(=O)N1CCC(NCc2ccnc(Nc3cccc(-c4ccnc(-c5ccc(CNC[C@@H]6CCC(=O)N6)c(OC)c5)c4Cl)c3Cl)c2F)CC1. The molecule has 6 rings (SSSR count). The van der Waals surface area contributed by atoms with Crippen molar-refractivity contribution in [1.29, 1.82) is 0 Å². The van der Waals surface area contributed by atoms with Crippen LogP contribution < -0.4 is 26.0 Å². The molecule has 2 saturated heterocycles. The summed E-state index contributed by atoms with van der Waals surface area (Å²) < 4.78 is 26.4. The van der Waals surface area contributed by atoms with E-state index in [1.54, 1.807) is 42.6 Å². The lowest BCUT2D eigenvalue weighted by atomic mass is 10.0. The molecule has 274 valence electrons. The maximum absolute atomic E-state index is 15.7. The molecular formula is C38H42Cl2FN7O4. The highest BCUT2D eigenvalue weighted by Crippen LogP contribution is 2.42. The van der Waals surface area contributed by atoms with Crippen LogP contribution in [0, 0.1) is 5.82 Å². The molecule has 4 N–H and O–H groups in total. The van der Waals surface area contributed by atoms with E-state index >= 15 is 4.39 Å². The van der Waals surface area contributed by atoms with Crippen LogP contribution in [-0.2, 0) is 27.4 Å². The average Bonchev–Trinajstić information content (AvgIpc) is 3.58. The second-order valence-corrected chi connectivity index (χ2v) is 13.6. The number of amides is 2. The maximum atomic E-state index is 15.7. The van der Waals surface area contributed by atoms with Gasteiger partial charge in [0.15, 0.2) is 11.6 Å². The van der Waals surface area contributed by atoms with Crippen molar-refractivity contribution in [2.45, 2.75) is 50.9 Å². The third-order valence-corrected chi connectivity index (χ3v) is 10.2. The zero-order valence-electron chi connectivity index (χ0n) is 29.1. The molecule has 0 radical (unpaired) electrons. The Kier molecular flexibility index (Phi) is 12.6. The van der Waals surface area contributed by atoms with Gasteiger partial charge in [0.1, 0.15) is 12.4 Å². The number of pyridine rings is 2. The van der Waals surface area contributed by atoms with Crippen molar-refractivity contribution in [3.05, 3.63) is 87.9 Å². The lowest BCUT2D eigenvalue weighted by molar-refractivity contribution is -0.136. The molecule has 0 spiro atoms. The van der Waals surface area contributed by atoms with Crippen molar-refractivity contribution >= 4 is 46.5 Å². The van der Waals surface area contributed by atoms with Crippen molar-refractivity contribution in [3.63, 3.8) is 0 Å². The summed E-state index contributed by atoms with van der Waals surface area (Å²) in [6.07, 6.45) is 6.16. The minimum Gasteiger partial charge on any atom is -0.496 e. The van der Waals surface area contributed by atoms with E-state index in [-0.39, 0.29) is 36.3 Å². The maximum Gasteiger partial charge on any atom is 0.248 e. The van der Waals surface area contributed by atoms with Gasteiger partial charge in [-0.15, -0.1) is 0 Å². The Morgan fingerprint density at radius 2 is 1.77 bits per heavy atom. The van der Waals surface area contributed by atoms with Gasteiger partial charge in [0, 0.05) is 98.5 Å². The van der Waals surface area contributed by atoms with Crippen LogP contribution in [0.2, 0.25) is 10.0 Å². The number of benzene rings is 2. The number of hydrogen-bond donors (Lipinski definition) is 4. The number of anilines is 2. The van der Waals surface area contributed by atoms with Crippen molar-refractivity contribution < 1.29 is 23.5 Å². The summed E-state index contributed by atoms with van der Waals surface area (Å²) in [5.41, 5.74) is 4.51. The van der Waals surface area contributed by atoms with Crippen molar-refractivity contribution in [1.82, 2.24) is 30.8 Å². The first kappa shape index (κ1) is 37.4. The number of nitrogens with zero attached hydrogens (tertiary/aromatic N) is 3. The van der Waals surface area contributed by atoms with Crippen LogP contribution in [0.25, 0.3) is 22.4 Å². The fourth-order valence-electron chi connectivity index (χ4n) is 6.58. The van der Waals surface area contributed by atoms with E-state index in [1.807, 2.05) is 30.3 Å². The Labute approximate surface area is 312 Å². The molecule has 0 bridgehead atoms. The van der Waals surface area contributed by atoms with Gasteiger partial charge >= 0.3 is 0 Å². The highest BCUT2D eigenvalue weighted by molar-refractivity contribution is 6.39. The molecule has 2 aromatic carbocycles. The fraction of sp³-hybridized carbons (Fsp3) is 0.368. The van der Waals surface area contributed by atoms with E-state index in [4.69, 9.17) is 32.7 Å². The monoisotopic (exact) mass is 749 g/mol. The van der Waals surface area contributed by atoms with Gasteiger partial charge in [-0.25, -0.2) is 9.37 Å². The molecule has 11 nitrogen and oxygen atoms in total. The third-order valence-electron chi connectivity index (χ3n) is 9.45. The number of halogens is 3. The van der Waals surface area contributed by atoms with Gasteiger partial charge in [-0.2, -0.15) is 0 Å². The predicted molar refractivity (Wildman–Crippen MR) is 200 cm³/mol. The number of piperidine rings is 1. The molecule has 4 aromatic rings. The molecule has 0 saturated carbocycles. The van der Waals surface area contributed by atoms with Gasteiger partial charge in [0.05, 0.1) is 28.5 Å². The molecule has 14 heteroatoms. The van der Waals surface area contributed by atoms with Crippen LogP contribution >= 0.6 is 23.2 Å². The van der Waals surface area contributed by atoms with Gasteiger partial charge < -0.3 is 35.6 Å². The fourth-order valence-corrected chi connectivity index (χ4v) is 7.17. The Morgan fingerprint density at radius 3 is 2.52 bits per heavy atom. The topological polar surface area (TPSA) is 130 Å². The number of nitrogens with one attached hydrogen (secondary N) is 4.